The van der Waals surface area contributed by atoms with Gasteiger partial charge in [0.1, 0.15) is 11.3 Å². The molecule has 12 heteroatoms. The zero-order chi connectivity index (χ0) is 28.0. The predicted octanol–water partition coefficient (Wildman–Crippen LogP) is 5.26. The minimum Gasteiger partial charge on any atom is -0.494 e. The summed E-state index contributed by atoms with van der Waals surface area (Å²) in [4.78, 5) is 29.2. The summed E-state index contributed by atoms with van der Waals surface area (Å²) in [5.41, 5.74) is -0.896. The Morgan fingerprint density at radius 3 is 2.27 bits per heavy atom. The lowest BCUT2D eigenvalue weighted by Gasteiger charge is -2.37. The molecule has 1 amide bonds. The number of nitro benzene ring substituents is 1. The average Bonchev–Trinajstić information content (AvgIpc) is 2.92. The van der Waals surface area contributed by atoms with Gasteiger partial charge in [-0.2, -0.15) is 13.2 Å². The first-order valence-electron chi connectivity index (χ1n) is 13.2. The van der Waals surface area contributed by atoms with Gasteiger partial charge in [0, 0.05) is 75.7 Å². The summed E-state index contributed by atoms with van der Waals surface area (Å²) in [6, 6.07) is 10.9. The van der Waals surface area contributed by atoms with Gasteiger partial charge >= 0.3 is 6.18 Å². The van der Waals surface area contributed by atoms with Crippen molar-refractivity contribution in [2.45, 2.75) is 45.8 Å². The molecule has 2 saturated heterocycles. The SMILES string of the molecule is C.CCOc1ccc(N2CCN(CCC(=O)N3CCC(Nc4ccc([N+](=O)[O-])c(C(F)(F)F)c4)CC3)CC2)cc1. The molecule has 1 N–H and O–H groups in total. The van der Waals surface area contributed by atoms with Crippen molar-refractivity contribution in [2.75, 3.05) is 62.6 Å². The number of piperazine rings is 1. The number of hydrogen-bond acceptors (Lipinski definition) is 7. The second kappa shape index (κ2) is 13.7. The van der Waals surface area contributed by atoms with Crippen LogP contribution in [0.2, 0.25) is 0 Å². The van der Waals surface area contributed by atoms with Crippen LogP contribution in [0, 0.1) is 10.1 Å². The third-order valence-electron chi connectivity index (χ3n) is 7.24. The van der Waals surface area contributed by atoms with Gasteiger partial charge in [-0.25, -0.2) is 0 Å². The van der Waals surface area contributed by atoms with Crippen LogP contribution in [0.5, 0.6) is 5.75 Å². The van der Waals surface area contributed by atoms with Gasteiger partial charge in [0.05, 0.1) is 11.5 Å². The summed E-state index contributed by atoms with van der Waals surface area (Å²) < 4.78 is 45.3. The van der Waals surface area contributed by atoms with Crippen LogP contribution < -0.4 is 15.0 Å². The lowest BCUT2D eigenvalue weighted by molar-refractivity contribution is -0.388. The molecular weight excluding hydrogens is 527 g/mol. The summed E-state index contributed by atoms with van der Waals surface area (Å²) in [6.45, 7) is 7.85. The Labute approximate surface area is 233 Å². The third-order valence-corrected chi connectivity index (χ3v) is 7.24. The lowest BCUT2D eigenvalue weighted by atomic mass is 10.0. The highest BCUT2D eigenvalue weighted by Crippen LogP contribution is 2.38. The van der Waals surface area contributed by atoms with Gasteiger partial charge in [-0.1, -0.05) is 7.43 Å². The van der Waals surface area contributed by atoms with Crippen LogP contribution in [0.4, 0.5) is 30.2 Å². The summed E-state index contributed by atoms with van der Waals surface area (Å²) in [5.74, 6) is 0.942. The van der Waals surface area contributed by atoms with E-state index in [1.807, 2.05) is 24.0 Å². The van der Waals surface area contributed by atoms with E-state index in [0.29, 0.717) is 45.5 Å². The fourth-order valence-electron chi connectivity index (χ4n) is 5.08. The number of nitrogens with zero attached hydrogens (tertiary/aromatic N) is 4. The number of amides is 1. The van der Waals surface area contributed by atoms with E-state index in [4.69, 9.17) is 4.74 Å². The van der Waals surface area contributed by atoms with Crippen molar-refractivity contribution in [2.24, 2.45) is 0 Å². The number of nitro groups is 1. The zero-order valence-corrected chi connectivity index (χ0v) is 22.0. The highest BCUT2D eigenvalue weighted by Gasteiger charge is 2.38. The number of likely N-dealkylation sites (tertiary alicyclic amines) is 1. The molecule has 9 nitrogen and oxygen atoms in total. The van der Waals surface area contributed by atoms with Crippen molar-refractivity contribution < 1.29 is 27.6 Å². The molecule has 2 heterocycles. The topological polar surface area (TPSA) is 91.2 Å². The Hall–Kier alpha value is -3.54. The molecule has 0 bridgehead atoms. The van der Waals surface area contributed by atoms with E-state index < -0.39 is 22.4 Å². The van der Waals surface area contributed by atoms with Crippen molar-refractivity contribution in [1.82, 2.24) is 9.80 Å². The number of benzene rings is 2. The number of anilines is 2. The van der Waals surface area contributed by atoms with Crippen molar-refractivity contribution >= 4 is 23.0 Å². The minimum atomic E-state index is -4.82. The molecule has 0 saturated carbocycles. The van der Waals surface area contributed by atoms with E-state index in [1.165, 1.54) is 6.07 Å². The number of carbonyl (C=O) groups excluding carboxylic acids is 1. The van der Waals surface area contributed by atoms with Crippen molar-refractivity contribution in [3.63, 3.8) is 0 Å². The van der Waals surface area contributed by atoms with Gasteiger partial charge in [0.15, 0.2) is 0 Å². The van der Waals surface area contributed by atoms with Crippen LogP contribution in [0.1, 0.15) is 39.2 Å². The molecule has 0 unspecified atom stereocenters. The average molecular weight is 566 g/mol. The van der Waals surface area contributed by atoms with Crippen molar-refractivity contribution in [3.8, 4) is 5.75 Å². The summed E-state index contributed by atoms with van der Waals surface area (Å²) in [6.07, 6.45) is -3.22. The van der Waals surface area contributed by atoms with Gasteiger partial charge in [0.25, 0.3) is 5.69 Å². The third kappa shape index (κ3) is 8.00. The molecule has 0 aliphatic carbocycles. The van der Waals surface area contributed by atoms with Crippen molar-refractivity contribution in [3.05, 3.63) is 58.1 Å². The maximum Gasteiger partial charge on any atom is 0.423 e. The molecule has 0 aromatic heterocycles. The molecule has 2 aromatic carbocycles. The first kappa shape index (κ1) is 31.0. The van der Waals surface area contributed by atoms with Crippen LogP contribution in [-0.4, -0.2) is 79.1 Å². The normalized spacial score (nSPS) is 16.8. The number of ether oxygens (including phenoxy) is 1. The number of rotatable bonds is 9. The Morgan fingerprint density at radius 2 is 1.70 bits per heavy atom. The van der Waals surface area contributed by atoms with Crippen LogP contribution in [0.15, 0.2) is 42.5 Å². The van der Waals surface area contributed by atoms with Crippen LogP contribution in [0.25, 0.3) is 0 Å². The summed E-state index contributed by atoms with van der Waals surface area (Å²) in [7, 11) is 0. The quantitative estimate of drug-likeness (QED) is 0.328. The Bertz CT molecular complexity index is 1130. The number of nitrogens with one attached hydrogen (secondary N) is 1. The molecule has 0 radical (unpaired) electrons. The van der Waals surface area contributed by atoms with E-state index >= 15 is 0 Å². The maximum absolute atomic E-state index is 13.3. The minimum absolute atomic E-state index is 0. The van der Waals surface area contributed by atoms with Crippen LogP contribution >= 0.6 is 0 Å². The molecule has 2 aliphatic rings. The fourth-order valence-corrected chi connectivity index (χ4v) is 5.08. The standard InChI is InChI=1S/C27H34F3N5O4.CH4/c1-2-39-23-6-4-22(5-7-23)33-17-15-32(16-18-33)12-11-26(36)34-13-9-20(10-14-34)31-21-3-8-25(35(37)38)24(19-21)27(28,29)30;/h3-8,19-20,31H,2,9-18H2,1H3;1H4. The Kier molecular flexibility index (Phi) is 10.6. The number of hydrogen-bond donors (Lipinski definition) is 1. The van der Waals surface area contributed by atoms with Crippen LogP contribution in [0.3, 0.4) is 0 Å². The highest BCUT2D eigenvalue weighted by atomic mass is 19.4. The second-order valence-corrected chi connectivity index (χ2v) is 9.79. The number of piperidine rings is 1. The van der Waals surface area contributed by atoms with Crippen LogP contribution in [-0.2, 0) is 11.0 Å². The van der Waals surface area contributed by atoms with E-state index in [9.17, 15) is 28.1 Å². The van der Waals surface area contributed by atoms with E-state index in [0.717, 1.165) is 49.7 Å². The molecule has 2 aromatic rings. The number of carbonyl (C=O) groups is 1. The zero-order valence-electron chi connectivity index (χ0n) is 22.0. The van der Waals surface area contributed by atoms with Gasteiger partial charge in [-0.3, -0.25) is 19.8 Å². The molecule has 4 rings (SSSR count). The van der Waals surface area contributed by atoms with Gasteiger partial charge in [-0.05, 0) is 56.2 Å². The summed E-state index contributed by atoms with van der Waals surface area (Å²) >= 11 is 0. The van der Waals surface area contributed by atoms with E-state index in [1.54, 1.807) is 0 Å². The molecule has 220 valence electrons. The smallest absolute Gasteiger partial charge is 0.423 e. The van der Waals surface area contributed by atoms with Crippen molar-refractivity contribution in [1.29, 1.82) is 0 Å². The molecular formula is C28H38F3N5O4. The van der Waals surface area contributed by atoms with E-state index in [-0.39, 0.29) is 25.1 Å². The van der Waals surface area contributed by atoms with Gasteiger partial charge < -0.3 is 19.9 Å². The monoisotopic (exact) mass is 565 g/mol. The number of halogens is 3. The first-order chi connectivity index (χ1) is 18.6. The predicted molar refractivity (Wildman–Crippen MR) is 149 cm³/mol. The molecule has 2 fully saturated rings. The Balaban J connectivity index is 0.00000441. The molecule has 40 heavy (non-hydrogen) atoms. The maximum atomic E-state index is 13.3. The fraction of sp³-hybridized carbons (Fsp3) is 0.536. The molecule has 0 spiro atoms. The lowest BCUT2D eigenvalue weighted by Crippen LogP contribution is -2.48. The first-order valence-corrected chi connectivity index (χ1v) is 13.2. The van der Waals surface area contributed by atoms with Gasteiger partial charge in [-0.15, -0.1) is 0 Å². The van der Waals surface area contributed by atoms with E-state index in [2.05, 4.69) is 27.2 Å². The highest BCUT2D eigenvalue weighted by molar-refractivity contribution is 5.76. The molecule has 2 aliphatic heterocycles. The second-order valence-electron chi connectivity index (χ2n) is 9.79. The summed E-state index contributed by atoms with van der Waals surface area (Å²) in [5, 5.41) is 14.0. The Morgan fingerprint density at radius 1 is 1.05 bits per heavy atom. The van der Waals surface area contributed by atoms with Gasteiger partial charge in [0.2, 0.25) is 5.91 Å². The largest absolute Gasteiger partial charge is 0.494 e. The molecule has 0 atom stereocenters. The number of alkyl halides is 3.